The van der Waals surface area contributed by atoms with Crippen molar-refractivity contribution in [3.05, 3.63) is 71.8 Å². The number of carbonyl (C=O) groups excluding carboxylic acids is 2. The first kappa shape index (κ1) is 24.8. The van der Waals surface area contributed by atoms with Crippen LogP contribution in [0.1, 0.15) is 22.8 Å². The van der Waals surface area contributed by atoms with Gasteiger partial charge in [0, 0.05) is 23.1 Å². The molecule has 0 spiro atoms. The Morgan fingerprint density at radius 1 is 1.03 bits per heavy atom. The minimum atomic E-state index is -0.213. The van der Waals surface area contributed by atoms with Gasteiger partial charge in [-0.05, 0) is 53.9 Å². The summed E-state index contributed by atoms with van der Waals surface area (Å²) in [5.41, 5.74) is 2.74. The van der Waals surface area contributed by atoms with Crippen molar-refractivity contribution in [2.75, 3.05) is 39.0 Å². The average molecular weight is 521 g/mol. The van der Waals surface area contributed by atoms with E-state index in [0.717, 1.165) is 21.7 Å². The monoisotopic (exact) mass is 520 g/mol. The fourth-order valence-corrected chi connectivity index (χ4v) is 5.70. The van der Waals surface area contributed by atoms with E-state index < -0.39 is 0 Å². The molecule has 1 atom stereocenters. The summed E-state index contributed by atoms with van der Waals surface area (Å²) in [5.74, 6) is 2.39. The zero-order valence-electron chi connectivity index (χ0n) is 20.7. The third-order valence-electron chi connectivity index (χ3n) is 6.34. The van der Waals surface area contributed by atoms with E-state index in [1.807, 2.05) is 60.7 Å². The number of nitrogens with one attached hydrogen (secondary N) is 1. The largest absolute Gasteiger partial charge is 0.493 e. The Morgan fingerprint density at radius 2 is 1.84 bits per heavy atom. The van der Waals surface area contributed by atoms with E-state index in [1.54, 1.807) is 30.9 Å². The molecule has 2 amide bonds. The second-order valence-electron chi connectivity index (χ2n) is 8.66. The van der Waals surface area contributed by atoms with E-state index in [9.17, 15) is 9.59 Å². The SMILES string of the molecule is COc1ccc(CCNC(=O)CN2C(=O)CC(c3ccc4c(c3)OCO4)Sc3ccccc32)cc1OC. The summed E-state index contributed by atoms with van der Waals surface area (Å²) < 4.78 is 21.6. The van der Waals surface area contributed by atoms with E-state index in [-0.39, 0.29) is 36.8 Å². The van der Waals surface area contributed by atoms with Crippen molar-refractivity contribution in [1.82, 2.24) is 5.32 Å². The van der Waals surface area contributed by atoms with Gasteiger partial charge < -0.3 is 29.2 Å². The van der Waals surface area contributed by atoms with Crippen LogP contribution in [0.2, 0.25) is 0 Å². The van der Waals surface area contributed by atoms with Crippen molar-refractivity contribution in [2.24, 2.45) is 0 Å². The highest BCUT2D eigenvalue weighted by Crippen LogP contribution is 2.47. The Bertz CT molecular complexity index is 1310. The fraction of sp³-hybridized carbons (Fsp3) is 0.286. The Kier molecular flexibility index (Phi) is 7.41. The van der Waals surface area contributed by atoms with Crippen LogP contribution < -0.4 is 29.2 Å². The van der Waals surface area contributed by atoms with E-state index in [0.29, 0.717) is 36.0 Å². The summed E-state index contributed by atoms with van der Waals surface area (Å²) in [6, 6.07) is 19.2. The van der Waals surface area contributed by atoms with Crippen molar-refractivity contribution >= 4 is 29.3 Å². The lowest BCUT2D eigenvalue weighted by molar-refractivity contribution is -0.123. The summed E-state index contributed by atoms with van der Waals surface area (Å²) in [4.78, 5) is 28.8. The molecule has 9 heteroatoms. The summed E-state index contributed by atoms with van der Waals surface area (Å²) in [5, 5.41) is 2.84. The lowest BCUT2D eigenvalue weighted by atomic mass is 10.1. The summed E-state index contributed by atoms with van der Waals surface area (Å²) in [6.45, 7) is 0.593. The number of fused-ring (bicyclic) bond motifs is 2. The molecule has 1 unspecified atom stereocenters. The lowest BCUT2D eigenvalue weighted by Gasteiger charge is -2.22. The van der Waals surface area contributed by atoms with Crippen molar-refractivity contribution < 1.29 is 28.5 Å². The number of benzene rings is 3. The maximum absolute atomic E-state index is 13.4. The summed E-state index contributed by atoms with van der Waals surface area (Å²) in [7, 11) is 3.19. The molecule has 2 heterocycles. The highest BCUT2D eigenvalue weighted by molar-refractivity contribution is 7.99. The van der Waals surface area contributed by atoms with Crippen LogP contribution in [0.4, 0.5) is 5.69 Å². The number of ether oxygens (including phenoxy) is 4. The maximum Gasteiger partial charge on any atom is 0.240 e. The molecule has 0 fully saturated rings. The van der Waals surface area contributed by atoms with Crippen LogP contribution in [-0.2, 0) is 16.0 Å². The topological polar surface area (TPSA) is 86.3 Å². The molecule has 0 aliphatic carbocycles. The number of thioether (sulfide) groups is 1. The second-order valence-corrected chi connectivity index (χ2v) is 9.90. The van der Waals surface area contributed by atoms with Crippen molar-refractivity contribution in [1.29, 1.82) is 0 Å². The van der Waals surface area contributed by atoms with Crippen LogP contribution in [-0.4, -0.2) is 45.9 Å². The third-order valence-corrected chi connectivity index (χ3v) is 7.66. The van der Waals surface area contributed by atoms with Gasteiger partial charge >= 0.3 is 0 Å². The Labute approximate surface area is 219 Å². The molecule has 5 rings (SSSR count). The van der Waals surface area contributed by atoms with Gasteiger partial charge in [-0.3, -0.25) is 9.59 Å². The molecular formula is C28H28N2O6S. The molecule has 2 aliphatic rings. The first-order chi connectivity index (χ1) is 18.1. The number of rotatable bonds is 8. The van der Waals surface area contributed by atoms with Gasteiger partial charge in [-0.25, -0.2) is 0 Å². The number of amides is 2. The van der Waals surface area contributed by atoms with Crippen molar-refractivity contribution in [3.63, 3.8) is 0 Å². The fourth-order valence-electron chi connectivity index (χ4n) is 4.43. The van der Waals surface area contributed by atoms with Gasteiger partial charge in [0.05, 0.1) is 19.9 Å². The van der Waals surface area contributed by atoms with Crippen LogP contribution >= 0.6 is 11.8 Å². The van der Waals surface area contributed by atoms with E-state index in [1.165, 1.54) is 0 Å². The molecule has 192 valence electrons. The minimum Gasteiger partial charge on any atom is -0.493 e. The highest BCUT2D eigenvalue weighted by Gasteiger charge is 2.31. The number of carbonyl (C=O) groups is 2. The van der Waals surface area contributed by atoms with Crippen LogP contribution in [0, 0.1) is 0 Å². The number of para-hydroxylation sites is 1. The third kappa shape index (κ3) is 5.46. The van der Waals surface area contributed by atoms with E-state index in [2.05, 4.69) is 5.32 Å². The molecule has 1 N–H and O–H groups in total. The maximum atomic E-state index is 13.4. The first-order valence-electron chi connectivity index (χ1n) is 12.0. The quantitative estimate of drug-likeness (QED) is 0.472. The highest BCUT2D eigenvalue weighted by atomic mass is 32.2. The van der Waals surface area contributed by atoms with Gasteiger partial charge in [-0.2, -0.15) is 0 Å². The predicted molar refractivity (Wildman–Crippen MR) is 141 cm³/mol. The van der Waals surface area contributed by atoms with Gasteiger partial charge in [-0.15, -0.1) is 11.8 Å². The van der Waals surface area contributed by atoms with Gasteiger partial charge in [-0.1, -0.05) is 24.3 Å². The Hall–Kier alpha value is -3.85. The van der Waals surface area contributed by atoms with Crippen molar-refractivity contribution in [2.45, 2.75) is 23.0 Å². The molecule has 0 saturated heterocycles. The first-order valence-corrected chi connectivity index (χ1v) is 12.9. The molecule has 8 nitrogen and oxygen atoms in total. The number of hydrogen-bond acceptors (Lipinski definition) is 7. The van der Waals surface area contributed by atoms with Crippen LogP contribution in [0.5, 0.6) is 23.0 Å². The van der Waals surface area contributed by atoms with Gasteiger partial charge in [0.2, 0.25) is 18.6 Å². The molecule has 0 aromatic heterocycles. The molecule has 0 bridgehead atoms. The normalized spacial score (nSPS) is 16.1. The average Bonchev–Trinajstić information content (AvgIpc) is 3.34. The number of anilines is 1. The van der Waals surface area contributed by atoms with Crippen LogP contribution in [0.3, 0.4) is 0 Å². The van der Waals surface area contributed by atoms with E-state index in [4.69, 9.17) is 18.9 Å². The molecule has 2 aliphatic heterocycles. The summed E-state index contributed by atoms with van der Waals surface area (Å²) >= 11 is 1.62. The standard InChI is InChI=1S/C28H28N2O6S/c1-33-21-9-7-18(13-23(21)34-2)11-12-29-27(31)16-30-20-5-3-4-6-25(20)37-26(15-28(30)32)19-8-10-22-24(14-19)36-17-35-22/h3-10,13-14,26H,11-12,15-17H2,1-2H3,(H,29,31). The molecule has 37 heavy (non-hydrogen) atoms. The zero-order valence-corrected chi connectivity index (χ0v) is 21.5. The Morgan fingerprint density at radius 3 is 2.68 bits per heavy atom. The predicted octanol–water partition coefficient (Wildman–Crippen LogP) is 4.36. The molecule has 0 radical (unpaired) electrons. The van der Waals surface area contributed by atoms with E-state index >= 15 is 0 Å². The van der Waals surface area contributed by atoms with Gasteiger partial charge in [0.25, 0.3) is 0 Å². The van der Waals surface area contributed by atoms with Gasteiger partial charge in [0.15, 0.2) is 23.0 Å². The van der Waals surface area contributed by atoms with Crippen LogP contribution in [0.25, 0.3) is 0 Å². The molecule has 0 saturated carbocycles. The number of methoxy groups -OCH3 is 2. The second kappa shape index (κ2) is 11.0. The molecular weight excluding hydrogens is 492 g/mol. The Balaban J connectivity index is 1.26. The summed E-state index contributed by atoms with van der Waals surface area (Å²) in [6.07, 6.45) is 0.885. The zero-order chi connectivity index (χ0) is 25.8. The number of nitrogens with zero attached hydrogens (tertiary/aromatic N) is 1. The molecule has 3 aromatic carbocycles. The smallest absolute Gasteiger partial charge is 0.240 e. The minimum absolute atomic E-state index is 0.0454. The number of hydrogen-bond donors (Lipinski definition) is 1. The van der Waals surface area contributed by atoms with Gasteiger partial charge in [0.1, 0.15) is 6.54 Å². The van der Waals surface area contributed by atoms with Crippen molar-refractivity contribution in [3.8, 4) is 23.0 Å². The lowest BCUT2D eigenvalue weighted by Crippen LogP contribution is -2.41. The van der Waals surface area contributed by atoms with Crippen LogP contribution in [0.15, 0.2) is 65.6 Å². The molecule has 3 aromatic rings.